The summed E-state index contributed by atoms with van der Waals surface area (Å²) in [6, 6.07) is 5.61. The van der Waals surface area contributed by atoms with E-state index in [0.717, 1.165) is 29.8 Å². The molecule has 3 heterocycles. The van der Waals surface area contributed by atoms with E-state index in [-0.39, 0.29) is 22.6 Å². The number of aromatic amines is 1. The highest BCUT2D eigenvalue weighted by atomic mass is 19.1. The highest BCUT2D eigenvalue weighted by Gasteiger charge is 2.65. The number of H-pyrrole nitrogens is 1. The molecule has 0 aliphatic heterocycles. The summed E-state index contributed by atoms with van der Waals surface area (Å²) < 4.78 is 28.9. The van der Waals surface area contributed by atoms with Gasteiger partial charge in [0.15, 0.2) is 5.82 Å². The smallest absolute Gasteiger partial charge is 0.181 e. The van der Waals surface area contributed by atoms with E-state index in [1.165, 1.54) is 18.2 Å². The third kappa shape index (κ3) is 2.59. The molecule has 2 aliphatic rings. The summed E-state index contributed by atoms with van der Waals surface area (Å²) in [5.74, 6) is 0.112. The van der Waals surface area contributed by atoms with Gasteiger partial charge in [-0.25, -0.2) is 13.8 Å². The van der Waals surface area contributed by atoms with Crippen LogP contribution in [-0.4, -0.2) is 35.3 Å². The number of nitrogens with zero attached hydrogens (tertiary/aromatic N) is 6. The summed E-state index contributed by atoms with van der Waals surface area (Å²) in [5.41, 5.74) is 2.49. The molecule has 3 aromatic heterocycles. The number of aromatic nitrogens is 7. The molecule has 1 N–H and O–H groups in total. The van der Waals surface area contributed by atoms with E-state index in [2.05, 4.69) is 44.2 Å². The lowest BCUT2D eigenvalue weighted by Gasteiger charge is -2.37. The number of hydrogen-bond acceptors (Lipinski definition) is 6. The van der Waals surface area contributed by atoms with Gasteiger partial charge < -0.3 is 4.98 Å². The Bertz CT molecular complexity index is 1390. The van der Waals surface area contributed by atoms with Crippen molar-refractivity contribution >= 4 is 0 Å². The molecule has 2 aliphatic carbocycles. The largest absolute Gasteiger partial charge is 0.324 e. The fraction of sp³-hybridized carbons (Fsp3) is 0.333. The predicted octanol–water partition coefficient (Wildman–Crippen LogP) is 4.51. The fourth-order valence-electron chi connectivity index (χ4n) is 5.90. The lowest BCUT2D eigenvalue weighted by atomic mass is 9.66. The number of hydrogen-bond donors (Lipinski definition) is 1. The molecule has 0 unspecified atom stereocenters. The van der Waals surface area contributed by atoms with Gasteiger partial charge in [0.25, 0.3) is 0 Å². The number of fused-ring (bicyclic) bond motifs is 5. The van der Waals surface area contributed by atoms with Crippen LogP contribution in [0.5, 0.6) is 0 Å². The molecule has 166 valence electrons. The minimum atomic E-state index is -0.651. The van der Waals surface area contributed by atoms with Gasteiger partial charge in [0.2, 0.25) is 0 Å². The first-order valence-electron chi connectivity index (χ1n) is 10.9. The molecule has 0 radical (unpaired) electrons. The van der Waals surface area contributed by atoms with Crippen LogP contribution >= 0.6 is 0 Å². The summed E-state index contributed by atoms with van der Waals surface area (Å²) in [5, 5.41) is 17.0. The molecular formula is C24H21F2N7. The molecule has 0 amide bonds. The van der Waals surface area contributed by atoms with Crippen molar-refractivity contribution < 1.29 is 8.78 Å². The van der Waals surface area contributed by atoms with Crippen molar-refractivity contribution in [3.05, 3.63) is 71.1 Å². The first-order chi connectivity index (χ1) is 15.8. The van der Waals surface area contributed by atoms with E-state index >= 15 is 0 Å². The van der Waals surface area contributed by atoms with Crippen LogP contribution in [0.1, 0.15) is 55.4 Å². The van der Waals surface area contributed by atoms with Gasteiger partial charge in [-0.15, -0.1) is 15.3 Å². The normalized spacial score (nSPS) is 22.5. The molecule has 33 heavy (non-hydrogen) atoms. The Morgan fingerprint density at radius 1 is 1.00 bits per heavy atom. The van der Waals surface area contributed by atoms with Gasteiger partial charge in [0, 0.05) is 6.20 Å². The van der Waals surface area contributed by atoms with Gasteiger partial charge in [-0.05, 0) is 54.9 Å². The van der Waals surface area contributed by atoms with Crippen LogP contribution in [0.4, 0.5) is 8.78 Å². The van der Waals surface area contributed by atoms with Gasteiger partial charge >= 0.3 is 0 Å². The van der Waals surface area contributed by atoms with E-state index in [1.54, 1.807) is 18.5 Å². The van der Waals surface area contributed by atoms with Crippen LogP contribution in [0.3, 0.4) is 0 Å². The zero-order chi connectivity index (χ0) is 23.0. The molecule has 6 rings (SSSR count). The number of rotatable bonds is 3. The highest BCUT2D eigenvalue weighted by molar-refractivity contribution is 5.64. The molecule has 2 atom stereocenters. The molecule has 7 nitrogen and oxygen atoms in total. The molecule has 1 aromatic carbocycles. The molecule has 0 saturated heterocycles. The Morgan fingerprint density at radius 2 is 1.79 bits per heavy atom. The van der Waals surface area contributed by atoms with Crippen molar-refractivity contribution in [3.8, 4) is 22.8 Å². The molecule has 9 heteroatoms. The first kappa shape index (κ1) is 20.0. The molecule has 1 fully saturated rings. The first-order valence-corrected chi connectivity index (χ1v) is 10.9. The van der Waals surface area contributed by atoms with Crippen molar-refractivity contribution in [3.63, 3.8) is 0 Å². The van der Waals surface area contributed by atoms with Crippen LogP contribution in [0.25, 0.3) is 22.8 Å². The van der Waals surface area contributed by atoms with Gasteiger partial charge in [0.05, 0.1) is 34.3 Å². The minimum Gasteiger partial charge on any atom is -0.324 e. The standard InChI is InChI=1S/C24H21F2N7/c1-12-28-22(33-30-12)18-10-27-11-19(29-18)24-8-7-14(23(24,2)3)13-9-17(31-32-21(13)24)20-15(25)5-4-6-16(20)26/h4-6,9-11,14H,7-8H2,1-3H3,(H,28,30,33)/t14-,24-/m0/s1. The van der Waals surface area contributed by atoms with Gasteiger partial charge in [-0.1, -0.05) is 19.9 Å². The second-order valence-corrected chi connectivity index (χ2v) is 9.40. The second-order valence-electron chi connectivity index (χ2n) is 9.40. The Kier molecular flexibility index (Phi) is 4.06. The van der Waals surface area contributed by atoms with E-state index in [4.69, 9.17) is 4.98 Å². The molecule has 1 saturated carbocycles. The summed E-state index contributed by atoms with van der Waals surface area (Å²) in [7, 11) is 0. The van der Waals surface area contributed by atoms with E-state index in [1.807, 2.05) is 6.92 Å². The summed E-state index contributed by atoms with van der Waals surface area (Å²) in [6.45, 7) is 6.22. The number of benzene rings is 1. The van der Waals surface area contributed by atoms with Gasteiger partial charge in [-0.3, -0.25) is 4.98 Å². The zero-order valence-corrected chi connectivity index (χ0v) is 18.4. The van der Waals surface area contributed by atoms with Gasteiger partial charge in [-0.2, -0.15) is 5.10 Å². The maximum atomic E-state index is 14.4. The van der Waals surface area contributed by atoms with Crippen molar-refractivity contribution in [2.24, 2.45) is 5.41 Å². The summed E-state index contributed by atoms with van der Waals surface area (Å²) >= 11 is 0. The quantitative estimate of drug-likeness (QED) is 0.499. The Morgan fingerprint density at radius 3 is 2.52 bits per heavy atom. The number of halogens is 2. The summed E-state index contributed by atoms with van der Waals surface area (Å²) in [4.78, 5) is 12.5. The Balaban J connectivity index is 1.53. The van der Waals surface area contributed by atoms with E-state index in [9.17, 15) is 8.78 Å². The third-order valence-electron chi connectivity index (χ3n) is 7.51. The van der Waals surface area contributed by atoms with Crippen molar-refractivity contribution in [2.75, 3.05) is 0 Å². The molecule has 4 aromatic rings. The monoisotopic (exact) mass is 445 g/mol. The average molecular weight is 445 g/mol. The predicted molar refractivity (Wildman–Crippen MR) is 116 cm³/mol. The van der Waals surface area contributed by atoms with Gasteiger partial charge in [0.1, 0.15) is 23.2 Å². The second kappa shape index (κ2) is 6.69. The molecule has 2 bridgehead atoms. The summed E-state index contributed by atoms with van der Waals surface area (Å²) in [6.07, 6.45) is 5.19. The van der Waals surface area contributed by atoms with Crippen molar-refractivity contribution in [1.82, 2.24) is 35.3 Å². The van der Waals surface area contributed by atoms with Crippen LogP contribution < -0.4 is 0 Å². The highest BCUT2D eigenvalue weighted by Crippen LogP contribution is 2.69. The Hall–Kier alpha value is -3.62. The fourth-order valence-corrected chi connectivity index (χ4v) is 5.90. The Labute approximate surface area is 188 Å². The molecular weight excluding hydrogens is 424 g/mol. The number of aryl methyl sites for hydroxylation is 1. The lowest BCUT2D eigenvalue weighted by Crippen LogP contribution is -2.38. The van der Waals surface area contributed by atoms with Crippen molar-refractivity contribution in [2.45, 2.75) is 44.9 Å². The minimum absolute atomic E-state index is 0.148. The molecule has 0 spiro atoms. The van der Waals surface area contributed by atoms with Crippen LogP contribution in [0, 0.1) is 24.0 Å². The van der Waals surface area contributed by atoms with E-state index in [0.29, 0.717) is 17.3 Å². The third-order valence-corrected chi connectivity index (χ3v) is 7.51. The average Bonchev–Trinajstić information content (AvgIpc) is 3.40. The maximum absolute atomic E-state index is 14.4. The lowest BCUT2D eigenvalue weighted by molar-refractivity contribution is 0.242. The van der Waals surface area contributed by atoms with Crippen LogP contribution in [0.2, 0.25) is 0 Å². The van der Waals surface area contributed by atoms with Crippen molar-refractivity contribution in [1.29, 1.82) is 0 Å². The van der Waals surface area contributed by atoms with Crippen LogP contribution in [-0.2, 0) is 5.41 Å². The SMILES string of the molecule is Cc1nnc(-c2cncc([C@@]34CC[C@@H](c5cc(-c6c(F)cccc6F)nnc53)C4(C)C)n2)[nH]1. The van der Waals surface area contributed by atoms with Crippen LogP contribution in [0.15, 0.2) is 36.7 Å². The number of nitrogens with one attached hydrogen (secondary N) is 1. The van der Waals surface area contributed by atoms with E-state index < -0.39 is 17.0 Å². The zero-order valence-electron chi connectivity index (χ0n) is 18.4. The maximum Gasteiger partial charge on any atom is 0.181 e. The topological polar surface area (TPSA) is 93.1 Å².